The second-order valence-electron chi connectivity index (χ2n) is 3.34. The molecule has 3 nitrogen and oxygen atoms in total. The van der Waals surface area contributed by atoms with Crippen LogP contribution in [0, 0.1) is 0 Å². The smallest absolute Gasteiger partial charge is 0.246 e. The Morgan fingerprint density at radius 3 is 2.92 bits per heavy atom. The fourth-order valence-electron chi connectivity index (χ4n) is 1.35. The zero-order valence-electron chi connectivity index (χ0n) is 7.99. The van der Waals surface area contributed by atoms with E-state index in [0.717, 1.165) is 11.7 Å². The molecule has 0 N–H and O–H groups in total. The van der Waals surface area contributed by atoms with E-state index in [9.17, 15) is 9.69 Å². The predicted molar refractivity (Wildman–Crippen MR) is 53.8 cm³/mol. The van der Waals surface area contributed by atoms with Crippen LogP contribution >= 0.6 is 7.77 Å². The number of carbonyl (C=O) groups excluding carboxylic acids is 1. The maximum absolute atomic E-state index is 11.4. The third-order valence-electron chi connectivity index (χ3n) is 2.21. The lowest BCUT2D eigenvalue weighted by Crippen LogP contribution is -2.36. The molecule has 0 spiro atoms. The van der Waals surface area contributed by atoms with E-state index in [0.29, 0.717) is 12.2 Å². The van der Waals surface area contributed by atoms with Gasteiger partial charge in [0.05, 0.1) is 20.7 Å². The summed E-state index contributed by atoms with van der Waals surface area (Å²) in [6, 6.07) is 0. The fourth-order valence-corrected chi connectivity index (χ4v) is 2.84. The highest BCUT2D eigenvalue weighted by Gasteiger charge is 2.31. The van der Waals surface area contributed by atoms with Crippen LogP contribution in [0.2, 0.25) is 0 Å². The Balaban J connectivity index is 2.51. The first-order chi connectivity index (χ1) is 6.06. The van der Waals surface area contributed by atoms with Crippen molar-refractivity contribution in [2.45, 2.75) is 19.0 Å². The minimum absolute atomic E-state index is 0.115. The van der Waals surface area contributed by atoms with E-state index in [1.807, 2.05) is 6.92 Å². The normalized spacial score (nSPS) is 23.8. The number of rotatable bonds is 3. The molecule has 1 rings (SSSR count). The molecule has 4 heteroatoms. The Morgan fingerprint density at radius 1 is 1.92 bits per heavy atom. The summed E-state index contributed by atoms with van der Waals surface area (Å²) in [5, 5.41) is 1.00. The molecule has 0 radical (unpaired) electrons. The number of amides is 1. The van der Waals surface area contributed by atoms with Crippen molar-refractivity contribution in [2.24, 2.45) is 0 Å². The van der Waals surface area contributed by atoms with Crippen LogP contribution < -0.4 is 4.89 Å². The number of likely N-dealkylation sites (N-methyl/N-ethyl adjacent to an activating group) is 1. The molecule has 1 heterocycles. The minimum Gasteiger partial charge on any atom is -0.630 e. The van der Waals surface area contributed by atoms with Gasteiger partial charge in [-0.1, -0.05) is 6.58 Å². The zero-order valence-corrected chi connectivity index (χ0v) is 8.88. The first kappa shape index (κ1) is 10.4. The van der Waals surface area contributed by atoms with E-state index in [-0.39, 0.29) is 5.91 Å². The van der Waals surface area contributed by atoms with Crippen LogP contribution in [-0.2, 0) is 4.79 Å². The Labute approximate surface area is 79.5 Å². The summed E-state index contributed by atoms with van der Waals surface area (Å²) in [6.07, 6.45) is 2.17. The van der Waals surface area contributed by atoms with Crippen molar-refractivity contribution < 1.29 is 9.69 Å². The van der Waals surface area contributed by atoms with Gasteiger partial charge in [-0.15, -0.1) is 0 Å². The van der Waals surface area contributed by atoms with Crippen LogP contribution in [0.5, 0.6) is 0 Å². The summed E-state index contributed by atoms with van der Waals surface area (Å²) in [6.45, 7) is 5.88. The molecule has 2 atom stereocenters. The summed E-state index contributed by atoms with van der Waals surface area (Å²) in [7, 11) is 0.531. The van der Waals surface area contributed by atoms with Crippen molar-refractivity contribution >= 4 is 19.0 Å². The van der Waals surface area contributed by atoms with Crippen molar-refractivity contribution in [1.82, 2.24) is 4.90 Å². The number of hydrogen-bond acceptors (Lipinski definition) is 2. The van der Waals surface area contributed by atoms with Crippen LogP contribution in [-0.4, -0.2) is 35.4 Å². The van der Waals surface area contributed by atoms with Gasteiger partial charge < -0.3 is 9.79 Å². The molecule has 0 aromatic rings. The molecule has 0 saturated carbocycles. The average Bonchev–Trinajstić information content (AvgIpc) is 2.15. The van der Waals surface area contributed by atoms with Crippen LogP contribution in [0.4, 0.5) is 0 Å². The van der Waals surface area contributed by atoms with Gasteiger partial charge in [0, 0.05) is 7.05 Å². The SMILES string of the molecule is C=CC(=O)N(C)CC1=[P+]([O-])C(C)C1. The molecule has 2 unspecified atom stereocenters. The van der Waals surface area contributed by atoms with Gasteiger partial charge in [-0.3, -0.25) is 4.79 Å². The Bertz CT molecular complexity index is 273. The van der Waals surface area contributed by atoms with Crippen LogP contribution in [0.1, 0.15) is 13.3 Å². The molecule has 1 amide bonds. The van der Waals surface area contributed by atoms with E-state index in [4.69, 9.17) is 0 Å². The molecule has 0 bridgehead atoms. The maximum Gasteiger partial charge on any atom is 0.246 e. The molecule has 0 aromatic heterocycles. The van der Waals surface area contributed by atoms with E-state index >= 15 is 0 Å². The van der Waals surface area contributed by atoms with Crippen LogP contribution in [0.3, 0.4) is 0 Å². The molecule has 0 aliphatic carbocycles. The highest BCUT2D eigenvalue weighted by Crippen LogP contribution is 2.36. The summed E-state index contributed by atoms with van der Waals surface area (Å²) in [5.41, 5.74) is 0.303. The van der Waals surface area contributed by atoms with Crippen LogP contribution in [0.25, 0.3) is 0 Å². The van der Waals surface area contributed by atoms with Gasteiger partial charge in [0.1, 0.15) is 11.0 Å². The minimum atomic E-state index is -1.17. The fraction of sp³-hybridized carbons (Fsp3) is 0.556. The number of carbonyl (C=O) groups is 1. The molecule has 0 saturated heterocycles. The van der Waals surface area contributed by atoms with Gasteiger partial charge in [0.15, 0.2) is 0 Å². The van der Waals surface area contributed by atoms with E-state index in [1.165, 1.54) is 6.08 Å². The summed E-state index contributed by atoms with van der Waals surface area (Å²) in [5.74, 6) is -0.115. The van der Waals surface area contributed by atoms with E-state index in [2.05, 4.69) is 6.58 Å². The van der Waals surface area contributed by atoms with Crippen molar-refractivity contribution in [1.29, 1.82) is 0 Å². The lowest BCUT2D eigenvalue weighted by molar-refractivity contribution is -0.156. The largest absolute Gasteiger partial charge is 0.630 e. The predicted octanol–water partition coefficient (Wildman–Crippen LogP) is 0.353. The van der Waals surface area contributed by atoms with Gasteiger partial charge >= 0.3 is 0 Å². The van der Waals surface area contributed by atoms with Gasteiger partial charge in [-0.25, -0.2) is 0 Å². The van der Waals surface area contributed by atoms with E-state index < -0.39 is 7.77 Å². The average molecular weight is 199 g/mol. The molecule has 0 aromatic carbocycles. The highest BCUT2D eigenvalue weighted by molar-refractivity contribution is 7.55. The Morgan fingerprint density at radius 2 is 2.54 bits per heavy atom. The second-order valence-corrected chi connectivity index (χ2v) is 5.51. The molecular formula is C9H14NO2P. The summed E-state index contributed by atoms with van der Waals surface area (Å²) >= 11 is 0. The standard InChI is InChI=1S/C9H14NO2P/c1-4-9(11)10(3)6-8-5-7(2)13(8)12/h4,7H,1,5-6H2,2-3H3. The highest BCUT2D eigenvalue weighted by atomic mass is 31.1. The summed E-state index contributed by atoms with van der Waals surface area (Å²) in [4.78, 5) is 24.0. The van der Waals surface area contributed by atoms with Gasteiger partial charge in [0.2, 0.25) is 5.91 Å². The first-order valence-electron chi connectivity index (χ1n) is 4.25. The Kier molecular flexibility index (Phi) is 3.23. The molecule has 0 fully saturated rings. The second kappa shape index (κ2) is 4.03. The molecule has 13 heavy (non-hydrogen) atoms. The lowest BCUT2D eigenvalue weighted by Gasteiger charge is -2.25. The van der Waals surface area contributed by atoms with Crippen molar-refractivity contribution in [3.8, 4) is 0 Å². The van der Waals surface area contributed by atoms with Gasteiger partial charge in [0.25, 0.3) is 0 Å². The van der Waals surface area contributed by atoms with E-state index in [1.54, 1.807) is 11.9 Å². The van der Waals surface area contributed by atoms with Crippen molar-refractivity contribution in [3.05, 3.63) is 12.7 Å². The third kappa shape index (κ3) is 2.17. The molecule has 1 aliphatic heterocycles. The number of hydrogen-bond donors (Lipinski definition) is 0. The van der Waals surface area contributed by atoms with Gasteiger partial charge in [-0.05, 0) is 13.0 Å². The van der Waals surface area contributed by atoms with Gasteiger partial charge in [-0.2, -0.15) is 0 Å². The number of nitrogens with zero attached hydrogens (tertiary/aromatic N) is 1. The Hall–Kier alpha value is -0.660. The zero-order chi connectivity index (χ0) is 10.0. The molecule has 72 valence electrons. The topological polar surface area (TPSA) is 43.4 Å². The monoisotopic (exact) mass is 199 g/mol. The van der Waals surface area contributed by atoms with Crippen molar-refractivity contribution in [3.63, 3.8) is 0 Å². The first-order valence-corrected chi connectivity index (χ1v) is 5.57. The molecule has 1 aliphatic rings. The molecular weight excluding hydrogens is 185 g/mol. The third-order valence-corrected chi connectivity index (χ3v) is 4.14. The van der Waals surface area contributed by atoms with Crippen LogP contribution in [0.15, 0.2) is 12.7 Å². The lowest BCUT2D eigenvalue weighted by atomic mass is 10.2. The maximum atomic E-state index is 11.4. The van der Waals surface area contributed by atoms with Crippen molar-refractivity contribution in [2.75, 3.05) is 13.6 Å². The summed E-state index contributed by atoms with van der Waals surface area (Å²) < 4.78 is 0. The quantitative estimate of drug-likeness (QED) is 0.486.